The minimum atomic E-state index is -1.21. The Kier molecular flexibility index (Phi) is 12.5. The Morgan fingerprint density at radius 3 is 2.51 bits per heavy atom. The molecule has 1 N–H and O–H groups in total. The molecule has 2 aromatic rings. The van der Waals surface area contributed by atoms with Gasteiger partial charge in [0.2, 0.25) is 0 Å². The summed E-state index contributed by atoms with van der Waals surface area (Å²) in [6.45, 7) is 7.85. The number of benzene rings is 2. The molecule has 2 saturated heterocycles. The van der Waals surface area contributed by atoms with E-state index in [4.69, 9.17) is 28.4 Å². The zero-order valence-corrected chi connectivity index (χ0v) is 25.4. The molecule has 0 aliphatic carbocycles. The third-order valence-corrected chi connectivity index (χ3v) is 7.49. The molecule has 5 atom stereocenters. The maximum absolute atomic E-state index is 13.1. The van der Waals surface area contributed by atoms with Gasteiger partial charge < -0.3 is 38.4 Å². The van der Waals surface area contributed by atoms with E-state index in [1.807, 2.05) is 68.4 Å². The Labute approximate surface area is 254 Å². The summed E-state index contributed by atoms with van der Waals surface area (Å²) in [4.78, 5) is 27.5. The van der Waals surface area contributed by atoms with E-state index in [1.54, 1.807) is 0 Å². The van der Waals surface area contributed by atoms with Crippen LogP contribution in [0, 0.1) is 11.8 Å². The van der Waals surface area contributed by atoms with Crippen LogP contribution in [0.1, 0.15) is 51.2 Å². The maximum atomic E-state index is 13.1. The number of aliphatic hydroxyl groups is 1. The van der Waals surface area contributed by atoms with Gasteiger partial charge >= 0.3 is 12.2 Å². The molecule has 236 valence electrons. The molecule has 43 heavy (non-hydrogen) atoms. The molecule has 2 aliphatic heterocycles. The molecule has 1 amide bonds. The minimum Gasteiger partial charge on any atom is -0.494 e. The molecule has 2 aromatic carbocycles. The van der Waals surface area contributed by atoms with Gasteiger partial charge in [-0.25, -0.2) is 9.59 Å². The van der Waals surface area contributed by atoms with Crippen LogP contribution in [0.15, 0.2) is 54.6 Å². The van der Waals surface area contributed by atoms with Crippen molar-refractivity contribution in [2.24, 2.45) is 11.8 Å². The number of rotatable bonds is 15. The van der Waals surface area contributed by atoms with Crippen molar-refractivity contribution in [1.82, 2.24) is 4.90 Å². The fourth-order valence-corrected chi connectivity index (χ4v) is 5.19. The van der Waals surface area contributed by atoms with Gasteiger partial charge in [0.15, 0.2) is 6.29 Å². The molecule has 10 heteroatoms. The van der Waals surface area contributed by atoms with Crippen LogP contribution in [0.4, 0.5) is 9.59 Å². The van der Waals surface area contributed by atoms with Crippen molar-refractivity contribution in [3.8, 4) is 5.75 Å². The second-order valence-electron chi connectivity index (χ2n) is 11.5. The number of hydrogen-bond donors (Lipinski definition) is 1. The Morgan fingerprint density at radius 1 is 1.02 bits per heavy atom. The SMILES string of the molecule is CCCCOc1ccc(C[C@H](OC(=O)O[C@H]2CO[C@H]3OCC[C@H]32)[C@H](O)CN(CC(C)C)C(=O)OCc2ccccc2)cc1. The summed E-state index contributed by atoms with van der Waals surface area (Å²) < 4.78 is 33.8. The summed E-state index contributed by atoms with van der Waals surface area (Å²) in [7, 11) is 0. The lowest BCUT2D eigenvalue weighted by Gasteiger charge is -2.30. The van der Waals surface area contributed by atoms with Gasteiger partial charge in [-0.3, -0.25) is 0 Å². The van der Waals surface area contributed by atoms with E-state index in [2.05, 4.69) is 6.92 Å². The van der Waals surface area contributed by atoms with Crippen molar-refractivity contribution < 1.29 is 43.1 Å². The number of amides is 1. The number of unbranched alkanes of at least 4 members (excludes halogenated alkanes) is 1. The standard InChI is InChI=1S/C33H45NO9/c1-4-5-16-38-26-13-11-24(12-14-26)18-29(42-33(37)43-30-22-40-31-27(30)15-17-39-31)28(35)20-34(19-23(2)3)32(36)41-21-25-9-7-6-8-10-25/h6-14,23,27-31,35H,4-5,15-22H2,1-3H3/t27-,28+,29-,30-,31+/m0/s1. The quantitative estimate of drug-likeness (QED) is 0.214. The minimum absolute atomic E-state index is 0.0444. The molecule has 0 unspecified atom stereocenters. The molecular formula is C33H45NO9. The van der Waals surface area contributed by atoms with Gasteiger partial charge in [-0.15, -0.1) is 0 Å². The van der Waals surface area contributed by atoms with Gasteiger partial charge in [0.25, 0.3) is 0 Å². The highest BCUT2D eigenvalue weighted by atomic mass is 16.8. The predicted molar refractivity (Wildman–Crippen MR) is 159 cm³/mol. The van der Waals surface area contributed by atoms with E-state index >= 15 is 0 Å². The first kappa shape index (κ1) is 32.6. The van der Waals surface area contributed by atoms with Crippen LogP contribution in [-0.4, -0.2) is 79.8 Å². The van der Waals surface area contributed by atoms with Gasteiger partial charge in [-0.2, -0.15) is 0 Å². The Balaban J connectivity index is 1.43. The highest BCUT2D eigenvalue weighted by molar-refractivity contribution is 5.67. The molecule has 0 radical (unpaired) electrons. The first-order valence-electron chi connectivity index (χ1n) is 15.3. The normalized spacial score (nSPS) is 20.7. The molecule has 2 fully saturated rings. The van der Waals surface area contributed by atoms with E-state index < -0.39 is 30.6 Å². The van der Waals surface area contributed by atoms with Crippen LogP contribution < -0.4 is 4.74 Å². The van der Waals surface area contributed by atoms with E-state index in [0.717, 1.165) is 36.1 Å². The highest BCUT2D eigenvalue weighted by Crippen LogP contribution is 2.33. The Hall–Kier alpha value is -3.34. The number of ether oxygens (including phenoxy) is 6. The van der Waals surface area contributed by atoms with Crippen LogP contribution in [-0.2, 0) is 36.7 Å². The summed E-state index contributed by atoms with van der Waals surface area (Å²) in [5, 5.41) is 11.4. The summed E-state index contributed by atoms with van der Waals surface area (Å²) in [5.41, 5.74) is 1.69. The van der Waals surface area contributed by atoms with Gasteiger partial charge in [-0.05, 0) is 42.0 Å². The van der Waals surface area contributed by atoms with E-state index in [-0.39, 0.29) is 44.3 Å². The summed E-state index contributed by atoms with van der Waals surface area (Å²) >= 11 is 0. The summed E-state index contributed by atoms with van der Waals surface area (Å²) in [5.74, 6) is 0.815. The highest BCUT2D eigenvalue weighted by Gasteiger charge is 2.44. The molecule has 2 aliphatic rings. The first-order chi connectivity index (χ1) is 20.8. The number of hydrogen-bond acceptors (Lipinski definition) is 9. The molecule has 0 saturated carbocycles. The van der Waals surface area contributed by atoms with Gasteiger partial charge in [0.05, 0.1) is 32.3 Å². The molecule has 0 aromatic heterocycles. The second kappa shape index (κ2) is 16.5. The van der Waals surface area contributed by atoms with Crippen LogP contribution >= 0.6 is 0 Å². The van der Waals surface area contributed by atoms with E-state index in [0.29, 0.717) is 19.8 Å². The molecule has 2 heterocycles. The van der Waals surface area contributed by atoms with Crippen molar-refractivity contribution in [1.29, 1.82) is 0 Å². The molecule has 0 spiro atoms. The van der Waals surface area contributed by atoms with Gasteiger partial charge in [0.1, 0.15) is 30.7 Å². The van der Waals surface area contributed by atoms with Crippen molar-refractivity contribution >= 4 is 12.2 Å². The summed E-state index contributed by atoms with van der Waals surface area (Å²) in [6, 6.07) is 16.9. The number of carbonyl (C=O) groups excluding carboxylic acids is 2. The third-order valence-electron chi connectivity index (χ3n) is 7.49. The first-order valence-corrected chi connectivity index (χ1v) is 15.3. The van der Waals surface area contributed by atoms with Crippen LogP contribution in [0.3, 0.4) is 0 Å². The molecule has 10 nitrogen and oxygen atoms in total. The van der Waals surface area contributed by atoms with Crippen molar-refractivity contribution in [2.45, 2.75) is 77.7 Å². The van der Waals surface area contributed by atoms with Crippen LogP contribution in [0.5, 0.6) is 5.75 Å². The average molecular weight is 600 g/mol. The predicted octanol–water partition coefficient (Wildman–Crippen LogP) is 5.35. The van der Waals surface area contributed by atoms with Crippen LogP contribution in [0.2, 0.25) is 0 Å². The second-order valence-corrected chi connectivity index (χ2v) is 11.5. The largest absolute Gasteiger partial charge is 0.509 e. The lowest BCUT2D eigenvalue weighted by molar-refractivity contribution is -0.0910. The number of fused-ring (bicyclic) bond motifs is 1. The topological polar surface area (TPSA) is 113 Å². The average Bonchev–Trinajstić information content (AvgIpc) is 3.62. The van der Waals surface area contributed by atoms with E-state index in [9.17, 15) is 14.7 Å². The van der Waals surface area contributed by atoms with Crippen LogP contribution in [0.25, 0.3) is 0 Å². The van der Waals surface area contributed by atoms with Crippen molar-refractivity contribution in [2.75, 3.05) is 32.9 Å². The Bertz CT molecular complexity index is 1130. The van der Waals surface area contributed by atoms with Gasteiger partial charge in [-0.1, -0.05) is 69.7 Å². The third kappa shape index (κ3) is 10.1. The molecule has 4 rings (SSSR count). The van der Waals surface area contributed by atoms with Gasteiger partial charge in [0, 0.05) is 13.0 Å². The molecular weight excluding hydrogens is 554 g/mol. The fourth-order valence-electron chi connectivity index (χ4n) is 5.19. The smallest absolute Gasteiger partial charge is 0.494 e. The maximum Gasteiger partial charge on any atom is 0.509 e. The fraction of sp³-hybridized carbons (Fsp3) is 0.576. The number of aliphatic hydroxyl groups excluding tert-OH is 1. The van der Waals surface area contributed by atoms with E-state index in [1.165, 1.54) is 4.90 Å². The zero-order valence-electron chi connectivity index (χ0n) is 25.4. The number of carbonyl (C=O) groups is 2. The molecule has 0 bridgehead atoms. The monoisotopic (exact) mass is 599 g/mol. The van der Waals surface area contributed by atoms with Crippen molar-refractivity contribution in [3.63, 3.8) is 0 Å². The lowest BCUT2D eigenvalue weighted by Crippen LogP contribution is -2.46. The Morgan fingerprint density at radius 2 is 1.79 bits per heavy atom. The lowest BCUT2D eigenvalue weighted by atomic mass is 10.0. The zero-order chi connectivity index (χ0) is 30.6. The number of nitrogens with zero attached hydrogens (tertiary/aromatic N) is 1. The summed E-state index contributed by atoms with van der Waals surface area (Å²) in [6.07, 6.45) is -1.56. The van der Waals surface area contributed by atoms with Crippen molar-refractivity contribution in [3.05, 3.63) is 65.7 Å².